The van der Waals surface area contributed by atoms with Crippen LogP contribution in [0.3, 0.4) is 0 Å². The Hall–Kier alpha value is -0.634. The molecule has 0 aliphatic carbocycles. The number of aromatic nitrogens is 2. The minimum Gasteiger partial charge on any atom is -0.494 e. The van der Waals surface area contributed by atoms with Crippen molar-refractivity contribution in [2.45, 2.75) is 18.7 Å². The van der Waals surface area contributed by atoms with Crippen LogP contribution in [-0.2, 0) is 23.6 Å². The molecule has 3 aromatic rings. The third-order valence-corrected chi connectivity index (χ3v) is 8.17. The number of sulfonamides is 1. The number of nitrogens with zero attached hydrogens (tertiary/aromatic N) is 3. The molecule has 1 aromatic heterocycles. The van der Waals surface area contributed by atoms with Crippen molar-refractivity contribution in [3.8, 4) is 22.8 Å². The molecule has 0 aliphatic heterocycles. The van der Waals surface area contributed by atoms with Gasteiger partial charge in [0.1, 0.15) is 21.0 Å². The maximum absolute atomic E-state index is 14.2. The Kier molecular flexibility index (Phi) is 10.9. The van der Waals surface area contributed by atoms with Gasteiger partial charge >= 0.3 is 51.4 Å². The van der Waals surface area contributed by atoms with E-state index in [9.17, 15) is 17.4 Å². The number of ether oxygens (including phenoxy) is 1. The molecule has 14 heteroatoms. The minimum absolute atomic E-state index is 0. The van der Waals surface area contributed by atoms with Crippen molar-refractivity contribution in [2.24, 2.45) is 0 Å². The molecule has 3 rings (SSSR count). The van der Waals surface area contributed by atoms with Crippen LogP contribution in [0.15, 0.2) is 53.6 Å². The molecule has 1 heterocycles. The molecule has 9 nitrogen and oxygen atoms in total. The van der Waals surface area contributed by atoms with Crippen molar-refractivity contribution < 1.29 is 82.5 Å². The van der Waals surface area contributed by atoms with Gasteiger partial charge in [0.25, 0.3) is 7.75 Å². The summed E-state index contributed by atoms with van der Waals surface area (Å²) in [6.45, 7) is 3.02. The largest absolute Gasteiger partial charge is 1.00 e. The van der Waals surface area contributed by atoms with Gasteiger partial charge in [0.15, 0.2) is 11.6 Å². The quantitative estimate of drug-likeness (QED) is 0.279. The second-order valence-corrected chi connectivity index (χ2v) is 10.4. The smallest absolute Gasteiger partial charge is 0.494 e. The molecule has 0 unspecified atom stereocenters. The van der Waals surface area contributed by atoms with Gasteiger partial charge in [-0.25, -0.2) is 17.8 Å². The van der Waals surface area contributed by atoms with Crippen molar-refractivity contribution in [3.05, 3.63) is 64.1 Å². The van der Waals surface area contributed by atoms with E-state index in [2.05, 4.69) is 9.48 Å². The second kappa shape index (κ2) is 12.6. The summed E-state index contributed by atoms with van der Waals surface area (Å²) in [4.78, 5) is 4.01. The Labute approximate surface area is 245 Å². The fourth-order valence-corrected chi connectivity index (χ4v) is 6.12. The topological polar surface area (TPSA) is 111 Å². The van der Waals surface area contributed by atoms with Crippen LogP contribution in [0.4, 0.5) is 4.39 Å². The van der Waals surface area contributed by atoms with Crippen LogP contribution in [-0.4, -0.2) is 38.3 Å². The van der Waals surface area contributed by atoms with E-state index in [1.165, 1.54) is 49.7 Å². The first-order chi connectivity index (χ1) is 15.6. The predicted molar refractivity (Wildman–Crippen MR) is 122 cm³/mol. The van der Waals surface area contributed by atoms with Gasteiger partial charge in [-0.3, -0.25) is 9.13 Å². The Morgan fingerprint density at radius 3 is 2.26 bits per heavy atom. The first-order valence-corrected chi connectivity index (χ1v) is 13.0. The zero-order chi connectivity index (χ0) is 24.2. The Morgan fingerprint density at radius 1 is 1.12 bits per heavy atom. The second-order valence-electron chi connectivity index (χ2n) is 6.46. The van der Waals surface area contributed by atoms with Crippen molar-refractivity contribution in [1.82, 2.24) is 9.55 Å². The van der Waals surface area contributed by atoms with E-state index in [-0.39, 0.29) is 80.4 Å². The van der Waals surface area contributed by atoms with E-state index >= 15 is 0 Å². The van der Waals surface area contributed by atoms with Crippen LogP contribution >= 0.6 is 19.3 Å². The fraction of sp³-hybridized carbons (Fsp3) is 0.250. The van der Waals surface area contributed by atoms with Crippen molar-refractivity contribution >= 4 is 29.4 Å². The molecule has 0 saturated heterocycles. The molecular weight excluding hydrogens is 535 g/mol. The molecule has 178 valence electrons. The number of benzene rings is 2. The number of hydrogen-bond donors (Lipinski definition) is 0. The third kappa shape index (κ3) is 6.98. The van der Waals surface area contributed by atoms with E-state index in [0.717, 1.165) is 0 Å². The molecular formula is C20H21ClFKN3O6PS. The molecule has 0 bridgehead atoms. The van der Waals surface area contributed by atoms with Crippen LogP contribution in [0, 0.1) is 5.82 Å². The molecule has 0 fully saturated rings. The number of halogens is 2. The van der Waals surface area contributed by atoms with Gasteiger partial charge in [0, 0.05) is 22.3 Å². The summed E-state index contributed by atoms with van der Waals surface area (Å²) >= 11 is 6.08. The maximum Gasteiger partial charge on any atom is 1.00 e. The maximum atomic E-state index is 14.2. The van der Waals surface area contributed by atoms with E-state index in [1.807, 2.05) is 0 Å². The standard InChI is InChI=1S/C20H21ClFN3O6PS.K/c1-4-30-32(26,31-5-2)24-33(27,28)16-9-7-15(8-10-16)25-13-19(21)23-20(25)14-6-11-18(29-3)17(22)12-14;/h6-13H,4-5H2,1-3H3;/q-1;+1. The average Bonchev–Trinajstić information content (AvgIpc) is 3.15. The summed E-state index contributed by atoms with van der Waals surface area (Å²) in [6, 6.07) is 9.86. The number of imidazole rings is 1. The Balaban J connectivity index is 0.00000408. The summed E-state index contributed by atoms with van der Waals surface area (Å²) in [5.74, 6) is -0.159. The van der Waals surface area contributed by atoms with Gasteiger partial charge in [-0.15, -0.1) is 0 Å². The molecule has 0 amide bonds. The summed E-state index contributed by atoms with van der Waals surface area (Å²) < 4.78 is 71.7. The van der Waals surface area contributed by atoms with Crippen LogP contribution in [0.5, 0.6) is 5.75 Å². The summed E-state index contributed by atoms with van der Waals surface area (Å²) in [5.41, 5.74) is 0.929. The van der Waals surface area contributed by atoms with Crippen molar-refractivity contribution in [2.75, 3.05) is 20.3 Å². The van der Waals surface area contributed by atoms with Gasteiger partial charge in [0.2, 0.25) is 0 Å². The van der Waals surface area contributed by atoms with Crippen LogP contribution in [0.2, 0.25) is 5.15 Å². The first kappa shape index (κ1) is 29.6. The molecule has 0 radical (unpaired) electrons. The van der Waals surface area contributed by atoms with Crippen LogP contribution in [0.1, 0.15) is 13.8 Å². The summed E-state index contributed by atoms with van der Waals surface area (Å²) in [7, 11) is -7.15. The molecule has 2 aromatic carbocycles. The monoisotopic (exact) mass is 555 g/mol. The van der Waals surface area contributed by atoms with Gasteiger partial charge < -0.3 is 18.3 Å². The third-order valence-electron chi connectivity index (χ3n) is 4.29. The number of methoxy groups -OCH3 is 1. The molecule has 0 saturated carbocycles. The van der Waals surface area contributed by atoms with Crippen molar-refractivity contribution in [3.63, 3.8) is 0 Å². The van der Waals surface area contributed by atoms with Crippen LogP contribution in [0.25, 0.3) is 21.6 Å². The van der Waals surface area contributed by atoms with Gasteiger partial charge in [-0.1, -0.05) is 11.6 Å². The molecule has 0 atom stereocenters. The summed E-state index contributed by atoms with van der Waals surface area (Å²) in [6.07, 6.45) is 1.51. The predicted octanol–water partition coefficient (Wildman–Crippen LogP) is 2.59. The molecule has 0 spiro atoms. The minimum atomic E-state index is -4.33. The fourth-order valence-electron chi connectivity index (χ4n) is 2.93. The number of rotatable bonds is 10. The first-order valence-electron chi connectivity index (χ1n) is 9.70. The summed E-state index contributed by atoms with van der Waals surface area (Å²) in [5, 5.41) is 0.155. The van der Waals surface area contributed by atoms with Crippen molar-refractivity contribution in [1.29, 1.82) is 0 Å². The van der Waals surface area contributed by atoms with Gasteiger partial charge in [-0.05, 0) is 56.3 Å². The zero-order valence-electron chi connectivity index (χ0n) is 18.9. The van der Waals surface area contributed by atoms with E-state index in [4.69, 9.17) is 25.4 Å². The number of hydrogen-bond acceptors (Lipinski definition) is 7. The Morgan fingerprint density at radius 2 is 1.74 bits per heavy atom. The molecule has 34 heavy (non-hydrogen) atoms. The molecule has 0 aliphatic rings. The van der Waals surface area contributed by atoms with Gasteiger partial charge in [0.05, 0.1) is 20.3 Å². The van der Waals surface area contributed by atoms with E-state index in [1.54, 1.807) is 24.5 Å². The zero-order valence-corrected chi connectivity index (χ0v) is 24.5. The van der Waals surface area contributed by atoms with E-state index < -0.39 is 23.6 Å². The normalized spacial score (nSPS) is 11.8. The Bertz CT molecular complexity index is 1280. The van der Waals surface area contributed by atoms with Gasteiger partial charge in [-0.2, -0.15) is 0 Å². The average molecular weight is 556 g/mol. The molecule has 0 N–H and O–H groups in total. The SMILES string of the molecule is CCOP(=O)([N-]S(=O)(=O)c1ccc(-n2cc(Cl)nc2-c2ccc(OC)c(F)c2)cc1)OCC.[K+]. The van der Waals surface area contributed by atoms with E-state index in [0.29, 0.717) is 17.1 Å². The van der Waals surface area contributed by atoms with Crippen LogP contribution < -0.4 is 56.1 Å².